The number of aldehydes is 1. The number of hydrogen-bond donors (Lipinski definition) is 0. The van der Waals surface area contributed by atoms with Crippen molar-refractivity contribution in [3.63, 3.8) is 0 Å². The van der Waals surface area contributed by atoms with E-state index in [2.05, 4.69) is 0 Å². The van der Waals surface area contributed by atoms with Crippen molar-refractivity contribution in [2.75, 3.05) is 7.05 Å². The SMILES string of the molecule is Cc1cccc(C(C=O)N(C)C(=O)OC(C)(C)C)c1F. The molecule has 0 spiro atoms. The first-order valence-corrected chi connectivity index (χ1v) is 6.33. The van der Waals surface area contributed by atoms with E-state index in [-0.39, 0.29) is 5.56 Å². The van der Waals surface area contributed by atoms with E-state index in [1.165, 1.54) is 13.1 Å². The molecule has 5 heteroatoms. The van der Waals surface area contributed by atoms with E-state index in [1.807, 2.05) is 0 Å². The Labute approximate surface area is 118 Å². The second kappa shape index (κ2) is 6.03. The lowest BCUT2D eigenvalue weighted by Crippen LogP contribution is -2.37. The van der Waals surface area contributed by atoms with Gasteiger partial charge in [-0.3, -0.25) is 4.90 Å². The Morgan fingerprint density at radius 1 is 1.40 bits per heavy atom. The maximum Gasteiger partial charge on any atom is 0.410 e. The number of benzene rings is 1. The molecule has 1 aromatic rings. The minimum atomic E-state index is -1.01. The molecule has 0 heterocycles. The van der Waals surface area contributed by atoms with Crippen LogP contribution in [0.4, 0.5) is 9.18 Å². The highest BCUT2D eigenvalue weighted by atomic mass is 19.1. The van der Waals surface area contributed by atoms with Crippen LogP contribution < -0.4 is 0 Å². The fourth-order valence-corrected chi connectivity index (χ4v) is 1.72. The predicted octanol–water partition coefficient (Wildman–Crippen LogP) is 3.24. The molecule has 0 aliphatic rings. The highest BCUT2D eigenvalue weighted by Gasteiger charge is 2.28. The number of carbonyl (C=O) groups is 2. The van der Waals surface area contributed by atoms with Crippen molar-refractivity contribution in [3.8, 4) is 0 Å². The van der Waals surface area contributed by atoms with Gasteiger partial charge in [0.2, 0.25) is 0 Å². The van der Waals surface area contributed by atoms with E-state index in [4.69, 9.17) is 4.74 Å². The van der Waals surface area contributed by atoms with Crippen molar-refractivity contribution in [2.24, 2.45) is 0 Å². The van der Waals surface area contributed by atoms with Crippen molar-refractivity contribution in [2.45, 2.75) is 39.3 Å². The van der Waals surface area contributed by atoms with Crippen LogP contribution in [-0.2, 0) is 9.53 Å². The fraction of sp³-hybridized carbons (Fsp3) is 0.467. The minimum Gasteiger partial charge on any atom is -0.444 e. The van der Waals surface area contributed by atoms with Gasteiger partial charge in [0.15, 0.2) is 0 Å². The molecule has 0 saturated heterocycles. The van der Waals surface area contributed by atoms with Gasteiger partial charge < -0.3 is 9.53 Å². The second-order valence-corrected chi connectivity index (χ2v) is 5.65. The van der Waals surface area contributed by atoms with Gasteiger partial charge in [-0.15, -0.1) is 0 Å². The molecule has 0 radical (unpaired) electrons. The third-order valence-electron chi connectivity index (χ3n) is 2.77. The number of likely N-dealkylation sites (N-methyl/N-ethyl adjacent to an activating group) is 1. The van der Waals surface area contributed by atoms with Gasteiger partial charge in [0, 0.05) is 12.6 Å². The summed E-state index contributed by atoms with van der Waals surface area (Å²) in [5.74, 6) is -0.486. The molecule has 1 amide bonds. The molecule has 0 aliphatic heterocycles. The molecule has 1 rings (SSSR count). The van der Waals surface area contributed by atoms with Gasteiger partial charge in [-0.05, 0) is 33.3 Å². The highest BCUT2D eigenvalue weighted by Crippen LogP contribution is 2.24. The molecule has 1 unspecified atom stereocenters. The molecule has 0 fully saturated rings. The Kier molecular flexibility index (Phi) is 4.87. The molecule has 0 aromatic heterocycles. The third-order valence-corrected chi connectivity index (χ3v) is 2.77. The van der Waals surface area contributed by atoms with Gasteiger partial charge in [-0.2, -0.15) is 0 Å². The molecule has 4 nitrogen and oxygen atoms in total. The first kappa shape index (κ1) is 16.1. The molecule has 0 bridgehead atoms. The van der Waals surface area contributed by atoms with Gasteiger partial charge in [0.25, 0.3) is 0 Å². The van der Waals surface area contributed by atoms with Crippen LogP contribution in [0.3, 0.4) is 0 Å². The molecule has 0 saturated carbocycles. The van der Waals surface area contributed by atoms with Crippen LogP contribution in [0.2, 0.25) is 0 Å². The third kappa shape index (κ3) is 3.79. The van der Waals surface area contributed by atoms with E-state index in [0.29, 0.717) is 11.8 Å². The lowest BCUT2D eigenvalue weighted by atomic mass is 10.0. The summed E-state index contributed by atoms with van der Waals surface area (Å²) in [7, 11) is 1.41. The van der Waals surface area contributed by atoms with Gasteiger partial charge in [0.1, 0.15) is 23.7 Å². The van der Waals surface area contributed by atoms with Crippen LogP contribution in [0.1, 0.15) is 37.9 Å². The van der Waals surface area contributed by atoms with Gasteiger partial charge in [-0.25, -0.2) is 9.18 Å². The molecule has 0 N–H and O–H groups in total. The van der Waals surface area contributed by atoms with Crippen molar-refractivity contribution in [1.29, 1.82) is 0 Å². The Hall–Kier alpha value is -1.91. The fourth-order valence-electron chi connectivity index (χ4n) is 1.72. The van der Waals surface area contributed by atoms with Crippen LogP contribution in [0.5, 0.6) is 0 Å². The number of amides is 1. The Morgan fingerprint density at radius 3 is 2.50 bits per heavy atom. The molecule has 20 heavy (non-hydrogen) atoms. The summed E-state index contributed by atoms with van der Waals surface area (Å²) >= 11 is 0. The average molecular weight is 281 g/mol. The summed E-state index contributed by atoms with van der Waals surface area (Å²) in [6.07, 6.45) is -0.141. The molecular weight excluding hydrogens is 261 g/mol. The van der Waals surface area contributed by atoms with E-state index in [1.54, 1.807) is 39.8 Å². The standard InChI is InChI=1S/C15H20FNO3/c1-10-7-6-8-11(13(10)16)12(9-18)17(5)14(19)20-15(2,3)4/h6-9,12H,1-5H3. The largest absolute Gasteiger partial charge is 0.444 e. The number of halogens is 1. The zero-order chi connectivity index (χ0) is 15.5. The highest BCUT2D eigenvalue weighted by molar-refractivity contribution is 5.74. The Balaban J connectivity index is 3.04. The Bertz CT molecular complexity index is 508. The van der Waals surface area contributed by atoms with Crippen LogP contribution in [-0.4, -0.2) is 29.9 Å². The van der Waals surface area contributed by atoms with Gasteiger partial charge >= 0.3 is 6.09 Å². The van der Waals surface area contributed by atoms with E-state index >= 15 is 0 Å². The predicted molar refractivity (Wildman–Crippen MR) is 73.9 cm³/mol. The van der Waals surface area contributed by atoms with Crippen LogP contribution in [0.15, 0.2) is 18.2 Å². The van der Waals surface area contributed by atoms with E-state index in [0.717, 1.165) is 4.90 Å². The topological polar surface area (TPSA) is 46.6 Å². The average Bonchev–Trinajstić information content (AvgIpc) is 2.33. The summed E-state index contributed by atoms with van der Waals surface area (Å²) in [4.78, 5) is 24.3. The monoisotopic (exact) mass is 281 g/mol. The van der Waals surface area contributed by atoms with E-state index in [9.17, 15) is 14.0 Å². The van der Waals surface area contributed by atoms with Gasteiger partial charge in [-0.1, -0.05) is 18.2 Å². The van der Waals surface area contributed by atoms with Crippen LogP contribution >= 0.6 is 0 Å². The van der Waals surface area contributed by atoms with Crippen LogP contribution in [0, 0.1) is 12.7 Å². The van der Waals surface area contributed by atoms with Crippen LogP contribution in [0.25, 0.3) is 0 Å². The minimum absolute atomic E-state index is 0.161. The summed E-state index contributed by atoms with van der Waals surface area (Å²) in [5, 5.41) is 0. The maximum atomic E-state index is 14.1. The van der Waals surface area contributed by atoms with Crippen molar-refractivity contribution >= 4 is 12.4 Å². The summed E-state index contributed by atoms with van der Waals surface area (Å²) < 4.78 is 19.2. The zero-order valence-corrected chi connectivity index (χ0v) is 12.4. The number of carbonyl (C=O) groups excluding carboxylic acids is 2. The van der Waals surface area contributed by atoms with E-state index < -0.39 is 23.6 Å². The molecular formula is C15H20FNO3. The maximum absolute atomic E-state index is 14.1. The Morgan fingerprint density at radius 2 is 2.00 bits per heavy atom. The quantitative estimate of drug-likeness (QED) is 0.799. The number of nitrogens with zero attached hydrogens (tertiary/aromatic N) is 1. The normalized spacial score (nSPS) is 12.7. The van der Waals surface area contributed by atoms with Crippen molar-refractivity contribution in [3.05, 3.63) is 35.1 Å². The number of hydrogen-bond acceptors (Lipinski definition) is 3. The lowest BCUT2D eigenvalue weighted by Gasteiger charge is -2.28. The van der Waals surface area contributed by atoms with Crippen molar-refractivity contribution in [1.82, 2.24) is 4.90 Å². The smallest absolute Gasteiger partial charge is 0.410 e. The lowest BCUT2D eigenvalue weighted by molar-refractivity contribution is -0.112. The molecule has 1 atom stereocenters. The summed E-state index contributed by atoms with van der Waals surface area (Å²) in [6, 6.07) is 3.73. The zero-order valence-electron chi connectivity index (χ0n) is 12.4. The second-order valence-electron chi connectivity index (χ2n) is 5.65. The molecule has 0 aliphatic carbocycles. The first-order chi connectivity index (χ1) is 9.17. The number of rotatable bonds is 3. The van der Waals surface area contributed by atoms with Crippen molar-refractivity contribution < 1.29 is 18.7 Å². The van der Waals surface area contributed by atoms with Gasteiger partial charge in [0.05, 0.1) is 0 Å². The molecule has 1 aromatic carbocycles. The number of ether oxygens (including phenoxy) is 1. The summed E-state index contributed by atoms with van der Waals surface area (Å²) in [5.41, 5.74) is -0.0931. The number of aryl methyl sites for hydroxylation is 1. The summed E-state index contributed by atoms with van der Waals surface area (Å²) in [6.45, 7) is 6.78. The molecule has 110 valence electrons. The first-order valence-electron chi connectivity index (χ1n) is 6.33.